The van der Waals surface area contributed by atoms with Crippen LogP contribution >= 0.6 is 0 Å². The maximum absolute atomic E-state index is 13.6. The number of aryl methyl sites for hydroxylation is 1. The topological polar surface area (TPSA) is 23.5 Å². The molecule has 0 saturated heterocycles. The first-order valence-corrected chi connectivity index (χ1v) is 6.38. The SMILES string of the molecule is CCN(c1ccc(C)cc1)c1cc(F)cc(CO)c1. The lowest BCUT2D eigenvalue weighted by atomic mass is 10.1. The van der Waals surface area contributed by atoms with Gasteiger partial charge in [0, 0.05) is 17.9 Å². The van der Waals surface area contributed by atoms with Gasteiger partial charge in [0.1, 0.15) is 5.82 Å². The number of nitrogens with zero attached hydrogens (tertiary/aromatic N) is 1. The van der Waals surface area contributed by atoms with Crippen molar-refractivity contribution >= 4 is 11.4 Å². The van der Waals surface area contributed by atoms with E-state index in [2.05, 4.69) is 0 Å². The van der Waals surface area contributed by atoms with E-state index in [-0.39, 0.29) is 12.4 Å². The number of aliphatic hydroxyl groups is 1. The molecule has 100 valence electrons. The fourth-order valence-corrected chi connectivity index (χ4v) is 2.12. The molecular weight excluding hydrogens is 241 g/mol. The predicted molar refractivity (Wildman–Crippen MR) is 76.2 cm³/mol. The van der Waals surface area contributed by atoms with E-state index in [0.717, 1.165) is 17.9 Å². The van der Waals surface area contributed by atoms with Crippen LogP contribution in [0.2, 0.25) is 0 Å². The second-order valence-electron chi connectivity index (χ2n) is 4.56. The summed E-state index contributed by atoms with van der Waals surface area (Å²) in [7, 11) is 0. The quantitative estimate of drug-likeness (QED) is 0.903. The summed E-state index contributed by atoms with van der Waals surface area (Å²) in [5, 5.41) is 9.16. The smallest absolute Gasteiger partial charge is 0.125 e. The van der Waals surface area contributed by atoms with Crippen molar-refractivity contribution in [2.45, 2.75) is 20.5 Å². The minimum Gasteiger partial charge on any atom is -0.392 e. The van der Waals surface area contributed by atoms with Crippen molar-refractivity contribution in [1.82, 2.24) is 0 Å². The number of hydrogen-bond donors (Lipinski definition) is 1. The van der Waals surface area contributed by atoms with Crippen molar-refractivity contribution in [3.8, 4) is 0 Å². The van der Waals surface area contributed by atoms with Gasteiger partial charge in [-0.3, -0.25) is 0 Å². The summed E-state index contributed by atoms with van der Waals surface area (Å²) in [6.07, 6.45) is 0. The highest BCUT2D eigenvalue weighted by molar-refractivity contribution is 5.64. The first-order chi connectivity index (χ1) is 9.13. The van der Waals surface area contributed by atoms with E-state index in [0.29, 0.717) is 5.56 Å². The first-order valence-electron chi connectivity index (χ1n) is 6.38. The van der Waals surface area contributed by atoms with Crippen LogP contribution in [-0.2, 0) is 6.61 Å². The van der Waals surface area contributed by atoms with Gasteiger partial charge in [-0.25, -0.2) is 4.39 Å². The van der Waals surface area contributed by atoms with Crippen LogP contribution in [0.3, 0.4) is 0 Å². The van der Waals surface area contributed by atoms with Gasteiger partial charge < -0.3 is 10.0 Å². The number of hydrogen-bond acceptors (Lipinski definition) is 2. The first kappa shape index (κ1) is 13.6. The summed E-state index contributed by atoms with van der Waals surface area (Å²) >= 11 is 0. The Hall–Kier alpha value is -1.87. The molecule has 0 unspecified atom stereocenters. The van der Waals surface area contributed by atoms with Gasteiger partial charge in [0.2, 0.25) is 0 Å². The van der Waals surface area contributed by atoms with E-state index < -0.39 is 0 Å². The predicted octanol–water partition coefficient (Wildman–Crippen LogP) is 3.78. The van der Waals surface area contributed by atoms with Crippen LogP contribution in [0.1, 0.15) is 18.1 Å². The van der Waals surface area contributed by atoms with Crippen molar-refractivity contribution in [2.75, 3.05) is 11.4 Å². The summed E-state index contributed by atoms with van der Waals surface area (Å²) in [4.78, 5) is 2.02. The van der Waals surface area contributed by atoms with Gasteiger partial charge in [-0.1, -0.05) is 17.7 Å². The van der Waals surface area contributed by atoms with E-state index in [4.69, 9.17) is 5.11 Å². The maximum atomic E-state index is 13.6. The molecule has 0 heterocycles. The van der Waals surface area contributed by atoms with Crippen molar-refractivity contribution < 1.29 is 9.50 Å². The molecule has 0 aliphatic heterocycles. The third-order valence-electron chi connectivity index (χ3n) is 3.10. The van der Waals surface area contributed by atoms with E-state index >= 15 is 0 Å². The van der Waals surface area contributed by atoms with Crippen molar-refractivity contribution in [3.63, 3.8) is 0 Å². The Morgan fingerprint density at radius 2 is 1.74 bits per heavy atom. The lowest BCUT2D eigenvalue weighted by Crippen LogP contribution is -2.16. The summed E-state index contributed by atoms with van der Waals surface area (Å²) in [6.45, 7) is 4.63. The van der Waals surface area contributed by atoms with E-state index in [1.165, 1.54) is 17.7 Å². The molecule has 1 N–H and O–H groups in total. The monoisotopic (exact) mass is 259 g/mol. The summed E-state index contributed by atoms with van der Waals surface area (Å²) in [5.41, 5.74) is 3.55. The zero-order valence-electron chi connectivity index (χ0n) is 11.2. The van der Waals surface area contributed by atoms with Gasteiger partial charge in [-0.05, 0) is 49.7 Å². The molecule has 0 fully saturated rings. The van der Waals surface area contributed by atoms with Crippen LogP contribution in [0.5, 0.6) is 0 Å². The van der Waals surface area contributed by atoms with Crippen LogP contribution < -0.4 is 4.90 Å². The summed E-state index contributed by atoms with van der Waals surface area (Å²) in [5.74, 6) is -0.327. The molecule has 19 heavy (non-hydrogen) atoms. The van der Waals surface area contributed by atoms with Gasteiger partial charge in [0.25, 0.3) is 0 Å². The zero-order valence-corrected chi connectivity index (χ0v) is 11.2. The molecule has 0 spiro atoms. The fraction of sp³-hybridized carbons (Fsp3) is 0.250. The van der Waals surface area contributed by atoms with E-state index in [9.17, 15) is 4.39 Å². The van der Waals surface area contributed by atoms with Crippen molar-refractivity contribution in [1.29, 1.82) is 0 Å². The lowest BCUT2D eigenvalue weighted by molar-refractivity contribution is 0.281. The van der Waals surface area contributed by atoms with Crippen LogP contribution in [0.4, 0.5) is 15.8 Å². The molecule has 2 nitrogen and oxygen atoms in total. The molecule has 0 aliphatic carbocycles. The lowest BCUT2D eigenvalue weighted by Gasteiger charge is -2.24. The average molecular weight is 259 g/mol. The highest BCUT2D eigenvalue weighted by Gasteiger charge is 2.09. The Labute approximate surface area is 113 Å². The van der Waals surface area contributed by atoms with Gasteiger partial charge in [-0.2, -0.15) is 0 Å². The van der Waals surface area contributed by atoms with Crippen LogP contribution in [0.25, 0.3) is 0 Å². The van der Waals surface area contributed by atoms with Crippen molar-refractivity contribution in [3.05, 3.63) is 59.4 Å². The number of halogens is 1. The number of benzene rings is 2. The minimum atomic E-state index is -0.327. The molecule has 0 amide bonds. The molecular formula is C16H18FNO. The molecule has 0 atom stereocenters. The maximum Gasteiger partial charge on any atom is 0.125 e. The third kappa shape index (κ3) is 3.12. The zero-order chi connectivity index (χ0) is 13.8. The molecule has 0 aromatic heterocycles. The van der Waals surface area contributed by atoms with Crippen LogP contribution in [0, 0.1) is 12.7 Å². The normalized spacial score (nSPS) is 10.5. The summed E-state index contributed by atoms with van der Waals surface area (Å²) < 4.78 is 13.6. The van der Waals surface area contributed by atoms with Crippen molar-refractivity contribution in [2.24, 2.45) is 0 Å². The molecule has 3 heteroatoms. The van der Waals surface area contributed by atoms with Gasteiger partial charge in [-0.15, -0.1) is 0 Å². The molecule has 2 aromatic carbocycles. The van der Waals surface area contributed by atoms with Gasteiger partial charge in [0.05, 0.1) is 6.61 Å². The molecule has 2 aromatic rings. The number of aliphatic hydroxyl groups excluding tert-OH is 1. The Kier molecular flexibility index (Phi) is 4.17. The largest absolute Gasteiger partial charge is 0.392 e. The number of anilines is 2. The average Bonchev–Trinajstić information content (AvgIpc) is 2.41. The summed E-state index contributed by atoms with van der Waals surface area (Å²) in [6, 6.07) is 12.8. The molecule has 0 saturated carbocycles. The van der Waals surface area contributed by atoms with E-state index in [1.807, 2.05) is 49.1 Å². The van der Waals surface area contributed by atoms with Gasteiger partial charge >= 0.3 is 0 Å². The highest BCUT2D eigenvalue weighted by atomic mass is 19.1. The number of rotatable bonds is 4. The molecule has 0 aliphatic rings. The van der Waals surface area contributed by atoms with E-state index in [1.54, 1.807) is 0 Å². The Morgan fingerprint density at radius 1 is 1.05 bits per heavy atom. The van der Waals surface area contributed by atoms with Crippen LogP contribution in [0.15, 0.2) is 42.5 Å². The second kappa shape index (κ2) is 5.85. The Morgan fingerprint density at radius 3 is 2.32 bits per heavy atom. The molecule has 0 bridgehead atoms. The Bertz CT molecular complexity index is 551. The fourth-order valence-electron chi connectivity index (χ4n) is 2.12. The standard InChI is InChI=1S/C16H18FNO/c1-3-18(15-6-4-12(2)5-7-15)16-9-13(11-19)8-14(17)10-16/h4-10,19H,3,11H2,1-2H3. The molecule has 0 radical (unpaired) electrons. The highest BCUT2D eigenvalue weighted by Crippen LogP contribution is 2.27. The molecule has 2 rings (SSSR count). The van der Waals surface area contributed by atoms with Gasteiger partial charge in [0.15, 0.2) is 0 Å². The minimum absolute atomic E-state index is 0.157. The Balaban J connectivity index is 2.41. The van der Waals surface area contributed by atoms with Crippen LogP contribution in [-0.4, -0.2) is 11.7 Å². The third-order valence-corrected chi connectivity index (χ3v) is 3.10. The second-order valence-corrected chi connectivity index (χ2v) is 4.56.